The summed E-state index contributed by atoms with van der Waals surface area (Å²) in [7, 11) is 0. The molecule has 5 nitrogen and oxygen atoms in total. The van der Waals surface area contributed by atoms with Crippen molar-refractivity contribution in [3.05, 3.63) is 82.1 Å². The lowest BCUT2D eigenvalue weighted by Crippen LogP contribution is -2.38. The molecule has 1 atom stereocenters. The van der Waals surface area contributed by atoms with Crippen LogP contribution in [0.2, 0.25) is 0 Å². The summed E-state index contributed by atoms with van der Waals surface area (Å²) < 4.78 is 5.75. The summed E-state index contributed by atoms with van der Waals surface area (Å²) in [5, 5.41) is 5.42. The largest absolute Gasteiger partial charge is 0.467 e. The summed E-state index contributed by atoms with van der Waals surface area (Å²) in [6, 6.07) is 14.7. The number of benzene rings is 1. The molecule has 0 saturated heterocycles. The van der Waals surface area contributed by atoms with Crippen LogP contribution in [-0.2, 0) is 16.0 Å². The SMILES string of the molecule is O=C1CCCC2=C1C(c1ccco1)N(C(=O)Cc1cccs1)c1ccccc1N2. The van der Waals surface area contributed by atoms with Gasteiger partial charge in [-0.05, 0) is 48.6 Å². The minimum atomic E-state index is -0.573. The lowest BCUT2D eigenvalue weighted by molar-refractivity contribution is -0.118. The number of carbonyl (C=O) groups is 2. The standard InChI is InChI=1S/C23H20N2O3S/c26-19-10-3-8-17-22(19)23(20-11-4-12-28-20)25(18-9-2-1-7-16(18)24-17)21(27)14-15-6-5-13-29-15/h1-2,4-7,9,11-13,23-24H,3,8,10,14H2. The number of para-hydroxylation sites is 2. The van der Waals surface area contributed by atoms with Crippen LogP contribution in [-0.4, -0.2) is 11.7 Å². The molecule has 5 rings (SSSR count). The maximum absolute atomic E-state index is 13.6. The lowest BCUT2D eigenvalue weighted by Gasteiger charge is -2.32. The van der Waals surface area contributed by atoms with Gasteiger partial charge in [-0.2, -0.15) is 0 Å². The first kappa shape index (κ1) is 17.9. The molecule has 2 aliphatic rings. The molecule has 0 radical (unpaired) electrons. The molecule has 1 aromatic carbocycles. The molecule has 1 amide bonds. The van der Waals surface area contributed by atoms with Gasteiger partial charge in [-0.1, -0.05) is 18.2 Å². The monoisotopic (exact) mass is 404 g/mol. The summed E-state index contributed by atoms with van der Waals surface area (Å²) in [6.07, 6.45) is 3.94. The molecule has 3 heterocycles. The Bertz CT molecular complexity index is 1080. The van der Waals surface area contributed by atoms with Gasteiger partial charge in [0.2, 0.25) is 5.91 Å². The second-order valence-electron chi connectivity index (χ2n) is 7.25. The van der Waals surface area contributed by atoms with Crippen molar-refractivity contribution in [2.75, 3.05) is 10.2 Å². The van der Waals surface area contributed by atoms with E-state index in [1.165, 1.54) is 0 Å². The number of nitrogens with zero attached hydrogens (tertiary/aromatic N) is 1. The number of hydrogen-bond donors (Lipinski definition) is 1. The van der Waals surface area contributed by atoms with E-state index in [0.29, 0.717) is 17.8 Å². The third-order valence-corrected chi connectivity index (χ3v) is 6.30. The first-order chi connectivity index (χ1) is 14.2. The molecule has 0 saturated carbocycles. The normalized spacial score (nSPS) is 18.7. The molecule has 2 aromatic heterocycles. The van der Waals surface area contributed by atoms with Gasteiger partial charge in [0.15, 0.2) is 5.78 Å². The summed E-state index contributed by atoms with van der Waals surface area (Å²) >= 11 is 1.56. The van der Waals surface area contributed by atoms with Crippen LogP contribution in [0.3, 0.4) is 0 Å². The Hall–Kier alpha value is -3.12. The van der Waals surface area contributed by atoms with E-state index in [1.807, 2.05) is 47.8 Å². The number of thiophene rings is 1. The summed E-state index contributed by atoms with van der Waals surface area (Å²) in [5.41, 5.74) is 3.13. The Balaban J connectivity index is 1.70. The molecule has 1 aliphatic carbocycles. The third kappa shape index (κ3) is 3.19. The third-order valence-electron chi connectivity index (χ3n) is 5.42. The van der Waals surface area contributed by atoms with E-state index in [2.05, 4.69) is 5.32 Å². The number of fused-ring (bicyclic) bond motifs is 1. The first-order valence-electron chi connectivity index (χ1n) is 9.72. The fraction of sp³-hybridized carbons (Fsp3) is 0.217. The average molecular weight is 404 g/mol. The number of allylic oxidation sites excluding steroid dienone is 1. The summed E-state index contributed by atoms with van der Waals surface area (Å²) in [4.78, 5) is 29.4. The van der Waals surface area contributed by atoms with Crippen LogP contribution < -0.4 is 10.2 Å². The van der Waals surface area contributed by atoms with Crippen molar-refractivity contribution in [1.29, 1.82) is 0 Å². The fourth-order valence-electron chi connectivity index (χ4n) is 4.17. The van der Waals surface area contributed by atoms with Crippen LogP contribution in [0.15, 0.2) is 75.9 Å². The van der Waals surface area contributed by atoms with E-state index in [9.17, 15) is 9.59 Å². The van der Waals surface area contributed by atoms with E-state index in [0.717, 1.165) is 34.8 Å². The van der Waals surface area contributed by atoms with E-state index in [4.69, 9.17) is 4.42 Å². The highest BCUT2D eigenvalue weighted by Gasteiger charge is 2.40. The molecule has 6 heteroatoms. The van der Waals surface area contributed by atoms with E-state index in [1.54, 1.807) is 28.6 Å². The van der Waals surface area contributed by atoms with Crippen molar-refractivity contribution in [2.45, 2.75) is 31.7 Å². The number of amides is 1. The number of Topliss-reactive ketones (excluding diaryl/α,β-unsaturated/α-hetero) is 1. The van der Waals surface area contributed by atoms with Crippen LogP contribution in [0.5, 0.6) is 0 Å². The Morgan fingerprint density at radius 3 is 2.83 bits per heavy atom. The van der Waals surface area contributed by atoms with Gasteiger partial charge in [0.1, 0.15) is 11.8 Å². The predicted octanol–water partition coefficient (Wildman–Crippen LogP) is 5.09. The van der Waals surface area contributed by atoms with E-state index >= 15 is 0 Å². The number of carbonyl (C=O) groups excluding carboxylic acids is 2. The van der Waals surface area contributed by atoms with Gasteiger partial charge in [-0.25, -0.2) is 0 Å². The maximum Gasteiger partial charge on any atom is 0.233 e. The van der Waals surface area contributed by atoms with Gasteiger partial charge >= 0.3 is 0 Å². The maximum atomic E-state index is 13.6. The highest BCUT2D eigenvalue weighted by atomic mass is 32.1. The van der Waals surface area contributed by atoms with Crippen LogP contribution in [0.4, 0.5) is 11.4 Å². The topological polar surface area (TPSA) is 62.6 Å². The lowest BCUT2D eigenvalue weighted by atomic mass is 9.88. The quantitative estimate of drug-likeness (QED) is 0.660. The van der Waals surface area contributed by atoms with Crippen molar-refractivity contribution >= 4 is 34.4 Å². The summed E-state index contributed by atoms with van der Waals surface area (Å²) in [6.45, 7) is 0. The number of hydrogen-bond acceptors (Lipinski definition) is 5. The molecule has 0 bridgehead atoms. The van der Waals surface area contributed by atoms with Crippen molar-refractivity contribution in [1.82, 2.24) is 0 Å². The average Bonchev–Trinajstić information content (AvgIpc) is 3.40. The molecular weight excluding hydrogens is 384 g/mol. The molecule has 1 aliphatic heterocycles. The Morgan fingerprint density at radius 2 is 2.03 bits per heavy atom. The van der Waals surface area contributed by atoms with E-state index < -0.39 is 6.04 Å². The van der Waals surface area contributed by atoms with Crippen molar-refractivity contribution in [2.24, 2.45) is 0 Å². The molecule has 0 spiro atoms. The van der Waals surface area contributed by atoms with Crippen molar-refractivity contribution in [3.8, 4) is 0 Å². The van der Waals surface area contributed by atoms with Crippen molar-refractivity contribution < 1.29 is 14.0 Å². The van der Waals surface area contributed by atoms with Gasteiger partial charge < -0.3 is 9.73 Å². The van der Waals surface area contributed by atoms with Crippen LogP contribution in [0, 0.1) is 0 Å². The van der Waals surface area contributed by atoms with Crippen LogP contribution >= 0.6 is 11.3 Å². The number of ketones is 1. The predicted molar refractivity (Wildman–Crippen MR) is 113 cm³/mol. The van der Waals surface area contributed by atoms with Gasteiger partial charge in [-0.3, -0.25) is 14.5 Å². The molecule has 3 aromatic rings. The zero-order valence-electron chi connectivity index (χ0n) is 15.8. The minimum Gasteiger partial charge on any atom is -0.467 e. The van der Waals surface area contributed by atoms with Crippen LogP contribution in [0.1, 0.15) is 35.9 Å². The highest BCUT2D eigenvalue weighted by molar-refractivity contribution is 7.10. The number of anilines is 2. The fourth-order valence-corrected chi connectivity index (χ4v) is 4.87. The van der Waals surface area contributed by atoms with Gasteiger partial charge in [0.25, 0.3) is 0 Å². The van der Waals surface area contributed by atoms with Gasteiger partial charge in [0.05, 0.1) is 24.1 Å². The zero-order valence-corrected chi connectivity index (χ0v) is 16.6. The van der Waals surface area contributed by atoms with E-state index in [-0.39, 0.29) is 18.1 Å². The first-order valence-corrected chi connectivity index (χ1v) is 10.6. The van der Waals surface area contributed by atoms with Gasteiger partial charge in [0, 0.05) is 22.6 Å². The van der Waals surface area contributed by atoms with Crippen LogP contribution in [0.25, 0.3) is 0 Å². The molecular formula is C23H20N2O3S. The second kappa shape index (κ2) is 7.37. The highest BCUT2D eigenvalue weighted by Crippen LogP contribution is 2.45. The smallest absolute Gasteiger partial charge is 0.233 e. The summed E-state index contributed by atoms with van der Waals surface area (Å²) in [5.74, 6) is 0.614. The molecule has 1 N–H and O–H groups in total. The molecule has 0 fully saturated rings. The number of furan rings is 1. The number of nitrogens with one attached hydrogen (secondary N) is 1. The number of rotatable bonds is 3. The molecule has 29 heavy (non-hydrogen) atoms. The van der Waals surface area contributed by atoms with Crippen molar-refractivity contribution in [3.63, 3.8) is 0 Å². The molecule has 146 valence electrons. The second-order valence-corrected chi connectivity index (χ2v) is 8.28. The zero-order chi connectivity index (χ0) is 19.8. The Labute approximate surface area is 172 Å². The minimum absolute atomic E-state index is 0.0600. The Morgan fingerprint density at radius 1 is 1.14 bits per heavy atom. The Kier molecular flexibility index (Phi) is 4.56. The van der Waals surface area contributed by atoms with Gasteiger partial charge in [-0.15, -0.1) is 11.3 Å². The molecule has 1 unspecified atom stereocenters.